The average Bonchev–Trinajstić information content (AvgIpc) is 3.01. The summed E-state index contributed by atoms with van der Waals surface area (Å²) in [7, 11) is 1.58. The third-order valence-electron chi connectivity index (χ3n) is 4.91. The SMILES string of the molecule is CN1CC(=O)N(CCCC(=O)Nc2cc3c(cc2Sc2ccccc2)OCCO3)C1=O. The van der Waals surface area contributed by atoms with E-state index in [2.05, 4.69) is 5.32 Å². The second-order valence-electron chi connectivity index (χ2n) is 7.24. The van der Waals surface area contributed by atoms with Crippen LogP contribution in [0.5, 0.6) is 11.5 Å². The van der Waals surface area contributed by atoms with Crippen LogP contribution in [0.25, 0.3) is 0 Å². The Labute approximate surface area is 184 Å². The molecule has 0 bridgehead atoms. The van der Waals surface area contributed by atoms with Crippen molar-refractivity contribution in [1.29, 1.82) is 0 Å². The maximum Gasteiger partial charge on any atom is 0.326 e. The van der Waals surface area contributed by atoms with Crippen LogP contribution >= 0.6 is 11.8 Å². The highest BCUT2D eigenvalue weighted by molar-refractivity contribution is 7.99. The fourth-order valence-electron chi connectivity index (χ4n) is 3.37. The Hall–Kier alpha value is -3.20. The molecule has 2 aromatic rings. The van der Waals surface area contributed by atoms with Crippen LogP contribution in [-0.4, -0.2) is 61.0 Å². The number of carbonyl (C=O) groups excluding carboxylic acids is 3. The standard InChI is InChI=1S/C22H23N3O5S/c1-24-14-21(27)25(22(24)28)9-5-8-20(26)23-16-12-17-18(30-11-10-29-17)13-19(16)31-15-6-3-2-4-7-15/h2-4,6-7,12-13H,5,8-11,14H2,1H3,(H,23,26). The van der Waals surface area contributed by atoms with Gasteiger partial charge in [0.1, 0.15) is 19.8 Å². The summed E-state index contributed by atoms with van der Waals surface area (Å²) in [6.45, 7) is 1.25. The molecule has 162 valence electrons. The number of nitrogens with one attached hydrogen (secondary N) is 1. The number of imide groups is 1. The van der Waals surface area contributed by atoms with Gasteiger partial charge >= 0.3 is 6.03 Å². The van der Waals surface area contributed by atoms with Crippen molar-refractivity contribution in [2.24, 2.45) is 0 Å². The molecule has 1 saturated heterocycles. The van der Waals surface area contributed by atoms with Crippen molar-refractivity contribution in [3.8, 4) is 11.5 Å². The molecule has 1 N–H and O–H groups in total. The van der Waals surface area contributed by atoms with Crippen LogP contribution in [0, 0.1) is 0 Å². The third kappa shape index (κ3) is 4.93. The topological polar surface area (TPSA) is 88.2 Å². The van der Waals surface area contributed by atoms with Gasteiger partial charge in [-0.1, -0.05) is 30.0 Å². The lowest BCUT2D eigenvalue weighted by Crippen LogP contribution is -2.32. The first kappa shape index (κ1) is 21.0. The number of carbonyl (C=O) groups is 3. The van der Waals surface area contributed by atoms with Crippen LogP contribution < -0.4 is 14.8 Å². The Kier molecular flexibility index (Phi) is 6.31. The number of rotatable bonds is 7. The predicted molar refractivity (Wildman–Crippen MR) is 116 cm³/mol. The second kappa shape index (κ2) is 9.30. The van der Waals surface area contributed by atoms with E-state index in [1.54, 1.807) is 13.1 Å². The summed E-state index contributed by atoms with van der Waals surface area (Å²) >= 11 is 1.52. The molecular formula is C22H23N3O5S. The lowest BCUT2D eigenvalue weighted by molar-refractivity contribution is -0.125. The fourth-order valence-corrected chi connectivity index (χ4v) is 4.30. The summed E-state index contributed by atoms with van der Waals surface area (Å²) in [5.74, 6) is 0.813. The van der Waals surface area contributed by atoms with E-state index < -0.39 is 0 Å². The van der Waals surface area contributed by atoms with Crippen molar-refractivity contribution in [2.75, 3.05) is 38.7 Å². The molecule has 0 spiro atoms. The van der Waals surface area contributed by atoms with E-state index >= 15 is 0 Å². The molecule has 1 fully saturated rings. The average molecular weight is 442 g/mol. The third-order valence-corrected chi connectivity index (χ3v) is 5.97. The molecule has 9 heteroatoms. The molecular weight excluding hydrogens is 418 g/mol. The summed E-state index contributed by atoms with van der Waals surface area (Å²) in [6.07, 6.45) is 0.577. The molecule has 2 heterocycles. The molecule has 31 heavy (non-hydrogen) atoms. The number of hydrogen-bond donors (Lipinski definition) is 1. The van der Waals surface area contributed by atoms with Crippen molar-refractivity contribution in [1.82, 2.24) is 9.80 Å². The summed E-state index contributed by atoms with van der Waals surface area (Å²) in [4.78, 5) is 40.8. The van der Waals surface area contributed by atoms with Crippen molar-refractivity contribution >= 4 is 35.3 Å². The molecule has 0 unspecified atom stereocenters. The molecule has 2 aromatic carbocycles. The first-order valence-corrected chi connectivity index (χ1v) is 10.8. The van der Waals surface area contributed by atoms with E-state index in [4.69, 9.17) is 9.47 Å². The Morgan fingerprint density at radius 3 is 2.48 bits per heavy atom. The molecule has 0 aliphatic carbocycles. The van der Waals surface area contributed by atoms with Crippen LogP contribution in [0.15, 0.2) is 52.3 Å². The van der Waals surface area contributed by atoms with Gasteiger partial charge in [0.25, 0.3) is 0 Å². The Balaban J connectivity index is 1.43. The zero-order chi connectivity index (χ0) is 21.8. The van der Waals surface area contributed by atoms with Gasteiger partial charge in [-0.15, -0.1) is 0 Å². The van der Waals surface area contributed by atoms with Crippen LogP contribution in [0.3, 0.4) is 0 Å². The fraction of sp³-hybridized carbons (Fsp3) is 0.318. The normalized spacial score (nSPS) is 15.4. The van der Waals surface area contributed by atoms with Gasteiger partial charge in [0, 0.05) is 41.9 Å². The monoisotopic (exact) mass is 441 g/mol. The minimum Gasteiger partial charge on any atom is -0.486 e. The van der Waals surface area contributed by atoms with Crippen molar-refractivity contribution in [2.45, 2.75) is 22.6 Å². The van der Waals surface area contributed by atoms with Gasteiger partial charge < -0.3 is 19.7 Å². The van der Waals surface area contributed by atoms with E-state index in [1.807, 2.05) is 36.4 Å². The molecule has 0 saturated carbocycles. The van der Waals surface area contributed by atoms with Gasteiger partial charge in [0.2, 0.25) is 11.8 Å². The van der Waals surface area contributed by atoms with Crippen LogP contribution in [0.1, 0.15) is 12.8 Å². The van der Waals surface area contributed by atoms with Gasteiger partial charge in [-0.3, -0.25) is 14.5 Å². The quantitative estimate of drug-likeness (QED) is 0.664. The van der Waals surface area contributed by atoms with Crippen LogP contribution in [-0.2, 0) is 9.59 Å². The first-order chi connectivity index (χ1) is 15.0. The number of nitrogens with zero attached hydrogens (tertiary/aromatic N) is 2. The second-order valence-corrected chi connectivity index (χ2v) is 8.36. The van der Waals surface area contributed by atoms with Gasteiger partial charge in [0.05, 0.1) is 5.69 Å². The van der Waals surface area contributed by atoms with E-state index in [-0.39, 0.29) is 37.4 Å². The van der Waals surface area contributed by atoms with Crippen molar-refractivity contribution in [3.05, 3.63) is 42.5 Å². The van der Waals surface area contributed by atoms with Gasteiger partial charge in [0.15, 0.2) is 11.5 Å². The molecule has 0 atom stereocenters. The molecule has 2 aliphatic rings. The van der Waals surface area contributed by atoms with Crippen LogP contribution in [0.4, 0.5) is 10.5 Å². The largest absolute Gasteiger partial charge is 0.486 e. The highest BCUT2D eigenvalue weighted by atomic mass is 32.2. The summed E-state index contributed by atoms with van der Waals surface area (Å²) in [5, 5.41) is 2.94. The number of anilines is 1. The van der Waals surface area contributed by atoms with E-state index in [0.717, 1.165) is 9.79 Å². The van der Waals surface area contributed by atoms with Crippen molar-refractivity contribution in [3.63, 3.8) is 0 Å². The number of urea groups is 1. The molecule has 2 aliphatic heterocycles. The van der Waals surface area contributed by atoms with Gasteiger partial charge in [-0.05, 0) is 18.6 Å². The van der Waals surface area contributed by atoms with Gasteiger partial charge in [-0.25, -0.2) is 4.79 Å². The highest BCUT2D eigenvalue weighted by Gasteiger charge is 2.32. The van der Waals surface area contributed by atoms with E-state index in [1.165, 1.54) is 21.6 Å². The molecule has 0 radical (unpaired) electrons. The predicted octanol–water partition coefficient (Wildman–Crippen LogP) is 3.22. The minimum absolute atomic E-state index is 0.0856. The van der Waals surface area contributed by atoms with Crippen LogP contribution in [0.2, 0.25) is 0 Å². The number of benzene rings is 2. The maximum absolute atomic E-state index is 12.6. The van der Waals surface area contributed by atoms with Gasteiger partial charge in [-0.2, -0.15) is 0 Å². The number of fused-ring (bicyclic) bond motifs is 1. The van der Waals surface area contributed by atoms with E-state index in [0.29, 0.717) is 36.8 Å². The number of amides is 4. The number of likely N-dealkylation sites (N-methyl/N-ethyl adjacent to an activating group) is 1. The zero-order valence-electron chi connectivity index (χ0n) is 17.1. The molecule has 0 aromatic heterocycles. The number of ether oxygens (including phenoxy) is 2. The summed E-state index contributed by atoms with van der Waals surface area (Å²) in [6, 6.07) is 13.2. The maximum atomic E-state index is 12.6. The lowest BCUT2D eigenvalue weighted by atomic mass is 10.2. The smallest absolute Gasteiger partial charge is 0.326 e. The molecule has 8 nitrogen and oxygen atoms in total. The van der Waals surface area contributed by atoms with E-state index in [9.17, 15) is 14.4 Å². The number of hydrogen-bond acceptors (Lipinski definition) is 6. The zero-order valence-corrected chi connectivity index (χ0v) is 17.9. The molecule has 4 rings (SSSR count). The summed E-state index contributed by atoms with van der Waals surface area (Å²) < 4.78 is 11.3. The lowest BCUT2D eigenvalue weighted by Gasteiger charge is -2.21. The Morgan fingerprint density at radius 2 is 1.81 bits per heavy atom. The summed E-state index contributed by atoms with van der Waals surface area (Å²) in [5.41, 5.74) is 0.635. The molecule has 4 amide bonds. The van der Waals surface area contributed by atoms with Crippen molar-refractivity contribution < 1.29 is 23.9 Å². The first-order valence-electron chi connectivity index (χ1n) is 10.0. The Bertz CT molecular complexity index is 998. The minimum atomic E-state index is -0.321. The highest BCUT2D eigenvalue weighted by Crippen LogP contribution is 2.42. The Morgan fingerprint density at radius 1 is 1.10 bits per heavy atom.